The lowest BCUT2D eigenvalue weighted by atomic mass is 9.83. The third-order valence-corrected chi connectivity index (χ3v) is 4.83. The van der Waals surface area contributed by atoms with Crippen LogP contribution in [0.5, 0.6) is 0 Å². The van der Waals surface area contributed by atoms with Crippen LogP contribution in [0.2, 0.25) is 0 Å². The second-order valence-electron chi connectivity index (χ2n) is 6.53. The molecule has 3 rings (SSSR count). The van der Waals surface area contributed by atoms with Crippen LogP contribution >= 0.6 is 0 Å². The molecular weight excluding hydrogens is 284 g/mol. The highest BCUT2D eigenvalue weighted by Crippen LogP contribution is 2.27. The van der Waals surface area contributed by atoms with Crippen LogP contribution in [0.15, 0.2) is 54.6 Å². The zero-order valence-electron chi connectivity index (χ0n) is 13.4. The van der Waals surface area contributed by atoms with Crippen molar-refractivity contribution in [3.05, 3.63) is 71.3 Å². The van der Waals surface area contributed by atoms with Gasteiger partial charge in [0.15, 0.2) is 5.78 Å². The number of benzene rings is 2. The van der Waals surface area contributed by atoms with Crippen molar-refractivity contribution in [2.75, 3.05) is 0 Å². The highest BCUT2D eigenvalue weighted by molar-refractivity contribution is 5.97. The first-order valence-corrected chi connectivity index (χ1v) is 8.60. The molecule has 0 aliphatic heterocycles. The molecule has 0 bridgehead atoms. The van der Waals surface area contributed by atoms with Gasteiger partial charge in [-0.05, 0) is 24.0 Å². The van der Waals surface area contributed by atoms with E-state index in [-0.39, 0.29) is 5.92 Å². The van der Waals surface area contributed by atoms with Crippen molar-refractivity contribution >= 4 is 5.78 Å². The first-order valence-electron chi connectivity index (χ1n) is 8.60. The van der Waals surface area contributed by atoms with Gasteiger partial charge in [-0.25, -0.2) is 0 Å². The van der Waals surface area contributed by atoms with E-state index < -0.39 is 6.10 Å². The summed E-state index contributed by atoms with van der Waals surface area (Å²) in [5.41, 5.74) is 2.80. The number of rotatable bonds is 5. The van der Waals surface area contributed by atoms with Gasteiger partial charge in [-0.2, -0.15) is 0 Å². The molecule has 0 aromatic heterocycles. The average Bonchev–Trinajstić information content (AvgIpc) is 2.63. The maximum atomic E-state index is 12.5. The minimum absolute atomic E-state index is 0.213. The van der Waals surface area contributed by atoms with Crippen molar-refractivity contribution in [1.29, 1.82) is 0 Å². The number of ketones is 1. The van der Waals surface area contributed by atoms with Crippen LogP contribution in [0.4, 0.5) is 0 Å². The van der Waals surface area contributed by atoms with E-state index in [1.807, 2.05) is 54.6 Å². The van der Waals surface area contributed by atoms with E-state index in [0.29, 0.717) is 12.2 Å². The maximum Gasteiger partial charge on any atom is 0.165 e. The van der Waals surface area contributed by atoms with E-state index in [9.17, 15) is 9.90 Å². The van der Waals surface area contributed by atoms with Crippen LogP contribution in [-0.2, 0) is 6.42 Å². The predicted molar refractivity (Wildman–Crippen MR) is 92.5 cm³/mol. The van der Waals surface area contributed by atoms with E-state index in [2.05, 4.69) is 0 Å². The van der Waals surface area contributed by atoms with Gasteiger partial charge >= 0.3 is 0 Å². The number of Topliss-reactive ketones (excluding diaryl/α,β-unsaturated/α-hetero) is 1. The van der Waals surface area contributed by atoms with Gasteiger partial charge in [0.05, 0.1) is 6.10 Å². The summed E-state index contributed by atoms with van der Waals surface area (Å²) in [5, 5.41) is 10.3. The molecule has 2 heteroatoms. The molecule has 1 unspecified atom stereocenters. The zero-order chi connectivity index (χ0) is 16.1. The highest BCUT2D eigenvalue weighted by Gasteiger charge is 2.22. The van der Waals surface area contributed by atoms with E-state index in [1.54, 1.807) is 0 Å². The molecule has 1 atom stereocenters. The number of carbonyl (C=O) groups excluding carboxylic acids is 1. The Labute approximate surface area is 138 Å². The normalized spacial score (nSPS) is 16.9. The average molecular weight is 308 g/mol. The minimum atomic E-state index is -0.504. The molecule has 2 aromatic rings. The summed E-state index contributed by atoms with van der Waals surface area (Å²) in [6.07, 6.45) is 5.76. The largest absolute Gasteiger partial charge is 0.388 e. The first kappa shape index (κ1) is 15.9. The second kappa shape index (κ2) is 7.56. The molecule has 2 aromatic carbocycles. The fourth-order valence-electron chi connectivity index (χ4n) is 3.42. The lowest BCUT2D eigenvalue weighted by Gasteiger charge is -2.20. The summed E-state index contributed by atoms with van der Waals surface area (Å²) in [6, 6.07) is 17.5. The topological polar surface area (TPSA) is 37.3 Å². The smallest absolute Gasteiger partial charge is 0.165 e. The van der Waals surface area contributed by atoms with E-state index in [4.69, 9.17) is 0 Å². The molecule has 1 fully saturated rings. The van der Waals surface area contributed by atoms with Gasteiger partial charge in [-0.1, -0.05) is 73.9 Å². The number of hydrogen-bond acceptors (Lipinski definition) is 2. The zero-order valence-corrected chi connectivity index (χ0v) is 13.4. The molecule has 0 spiro atoms. The Balaban J connectivity index is 1.63. The molecule has 1 aliphatic rings. The van der Waals surface area contributed by atoms with Gasteiger partial charge in [-0.15, -0.1) is 0 Å². The van der Waals surface area contributed by atoms with Crippen molar-refractivity contribution in [2.45, 2.75) is 44.6 Å². The Morgan fingerprint density at radius 2 is 1.61 bits per heavy atom. The number of carbonyl (C=O) groups is 1. The lowest BCUT2D eigenvalue weighted by molar-refractivity contribution is 0.0889. The first-order chi connectivity index (χ1) is 11.2. The molecule has 23 heavy (non-hydrogen) atoms. The Hall–Kier alpha value is -1.93. The van der Waals surface area contributed by atoms with Gasteiger partial charge in [0.25, 0.3) is 0 Å². The molecule has 1 aliphatic carbocycles. The van der Waals surface area contributed by atoms with Crippen LogP contribution in [-0.4, -0.2) is 10.9 Å². The summed E-state index contributed by atoms with van der Waals surface area (Å²) in [6.45, 7) is 0. The van der Waals surface area contributed by atoms with E-state index in [1.165, 1.54) is 19.3 Å². The molecule has 0 heterocycles. The third kappa shape index (κ3) is 4.08. The molecule has 120 valence electrons. The Bertz CT molecular complexity index is 625. The molecule has 0 radical (unpaired) electrons. The molecule has 1 N–H and O–H groups in total. The van der Waals surface area contributed by atoms with Gasteiger partial charge < -0.3 is 5.11 Å². The summed E-state index contributed by atoms with van der Waals surface area (Å²) >= 11 is 0. The summed E-state index contributed by atoms with van der Waals surface area (Å²) in [5.74, 6) is 0.504. The number of aliphatic hydroxyl groups is 1. The highest BCUT2D eigenvalue weighted by atomic mass is 16.3. The second-order valence-corrected chi connectivity index (χ2v) is 6.53. The van der Waals surface area contributed by atoms with Crippen molar-refractivity contribution in [2.24, 2.45) is 5.92 Å². The van der Waals surface area contributed by atoms with E-state index >= 15 is 0 Å². The van der Waals surface area contributed by atoms with Gasteiger partial charge in [0.1, 0.15) is 0 Å². The van der Waals surface area contributed by atoms with Gasteiger partial charge in [0.2, 0.25) is 0 Å². The Kier molecular flexibility index (Phi) is 5.24. The standard InChI is InChI=1S/C21H24O2/c22-20(17-7-3-1-4-8-17)15-16-11-13-19(14-12-16)21(23)18-9-5-2-6-10-18/h1,3-4,7-8,11-14,18,20,22H,2,5-6,9-10,15H2. The summed E-state index contributed by atoms with van der Waals surface area (Å²) in [4.78, 5) is 12.5. The maximum absolute atomic E-state index is 12.5. The fourth-order valence-corrected chi connectivity index (χ4v) is 3.42. The molecule has 1 saturated carbocycles. The molecule has 2 nitrogen and oxygen atoms in total. The Morgan fingerprint density at radius 3 is 2.26 bits per heavy atom. The van der Waals surface area contributed by atoms with Crippen molar-refractivity contribution in [3.63, 3.8) is 0 Å². The van der Waals surface area contributed by atoms with Crippen LogP contribution in [0.25, 0.3) is 0 Å². The Morgan fingerprint density at radius 1 is 0.957 bits per heavy atom. The van der Waals surface area contributed by atoms with Crippen LogP contribution < -0.4 is 0 Å². The minimum Gasteiger partial charge on any atom is -0.388 e. The summed E-state index contributed by atoms with van der Waals surface area (Å²) < 4.78 is 0. The van der Waals surface area contributed by atoms with Gasteiger partial charge in [0, 0.05) is 17.9 Å². The number of aliphatic hydroxyl groups excluding tert-OH is 1. The molecule has 0 amide bonds. The quantitative estimate of drug-likeness (QED) is 0.811. The fraction of sp³-hybridized carbons (Fsp3) is 0.381. The molecule has 0 saturated heterocycles. The third-order valence-electron chi connectivity index (χ3n) is 4.83. The lowest BCUT2D eigenvalue weighted by Crippen LogP contribution is -2.17. The van der Waals surface area contributed by atoms with Crippen LogP contribution in [0.1, 0.15) is 59.7 Å². The summed E-state index contributed by atoms with van der Waals surface area (Å²) in [7, 11) is 0. The van der Waals surface area contributed by atoms with Crippen molar-refractivity contribution in [3.8, 4) is 0 Å². The van der Waals surface area contributed by atoms with Gasteiger partial charge in [-0.3, -0.25) is 4.79 Å². The monoisotopic (exact) mass is 308 g/mol. The van der Waals surface area contributed by atoms with E-state index in [0.717, 1.165) is 29.5 Å². The molecular formula is C21H24O2. The van der Waals surface area contributed by atoms with Crippen molar-refractivity contribution in [1.82, 2.24) is 0 Å². The SMILES string of the molecule is O=C(c1ccc(CC(O)c2ccccc2)cc1)C1CCCCC1. The van der Waals surface area contributed by atoms with Crippen molar-refractivity contribution < 1.29 is 9.90 Å². The van der Waals surface area contributed by atoms with Crippen LogP contribution in [0, 0.1) is 5.92 Å². The van der Waals surface area contributed by atoms with Crippen LogP contribution in [0.3, 0.4) is 0 Å². The number of hydrogen-bond donors (Lipinski definition) is 1. The predicted octanol–water partition coefficient (Wildman–Crippen LogP) is 4.73.